The van der Waals surface area contributed by atoms with Gasteiger partial charge < -0.3 is 10.4 Å². The number of carbonyl (C=O) groups excluding carboxylic acids is 1. The van der Waals surface area contributed by atoms with Crippen molar-refractivity contribution in [3.8, 4) is 0 Å². The smallest absolute Gasteiger partial charge is 0.303 e. The topological polar surface area (TPSA) is 113 Å². The molecule has 0 saturated carbocycles. The van der Waals surface area contributed by atoms with E-state index in [1.54, 1.807) is 18.2 Å². The second-order valence-corrected chi connectivity index (χ2v) is 6.82. The quantitative estimate of drug-likeness (QED) is 0.631. The van der Waals surface area contributed by atoms with E-state index < -0.39 is 16.0 Å². The highest BCUT2D eigenvalue weighted by Gasteiger charge is 2.11. The molecule has 0 aromatic heterocycles. The highest BCUT2D eigenvalue weighted by molar-refractivity contribution is 7.92. The van der Waals surface area contributed by atoms with Gasteiger partial charge >= 0.3 is 5.97 Å². The first kappa shape index (κ1) is 18.0. The maximum Gasteiger partial charge on any atom is 0.303 e. The number of unbranched alkanes of at least 4 members (excludes halogenated alkanes) is 1. The highest BCUT2D eigenvalue weighted by Crippen LogP contribution is 2.24. The molecule has 1 rings (SSSR count). The second-order valence-electron chi connectivity index (χ2n) is 5.07. The van der Waals surface area contributed by atoms with Gasteiger partial charge in [0, 0.05) is 12.8 Å². The number of anilines is 2. The monoisotopic (exact) mass is 328 g/mol. The van der Waals surface area contributed by atoms with Crippen molar-refractivity contribution in [2.24, 2.45) is 0 Å². The van der Waals surface area contributed by atoms with Crippen molar-refractivity contribution < 1.29 is 23.1 Å². The Kier molecular flexibility index (Phi) is 6.36. The lowest BCUT2D eigenvalue weighted by Crippen LogP contribution is -2.16. The maximum absolute atomic E-state index is 11.9. The molecule has 1 amide bonds. The number of benzene rings is 1. The van der Waals surface area contributed by atoms with Gasteiger partial charge in [0.1, 0.15) is 0 Å². The van der Waals surface area contributed by atoms with E-state index in [2.05, 4.69) is 10.0 Å². The van der Waals surface area contributed by atoms with Crippen molar-refractivity contribution in [3.05, 3.63) is 23.8 Å². The van der Waals surface area contributed by atoms with E-state index in [-0.39, 0.29) is 18.7 Å². The lowest BCUT2D eigenvalue weighted by atomic mass is 10.1. The largest absolute Gasteiger partial charge is 0.481 e. The van der Waals surface area contributed by atoms with Gasteiger partial charge in [-0.1, -0.05) is 6.07 Å². The molecule has 0 heterocycles. The fourth-order valence-corrected chi connectivity index (χ4v) is 2.40. The molecule has 8 heteroatoms. The minimum Gasteiger partial charge on any atom is -0.481 e. The fraction of sp³-hybridized carbons (Fsp3) is 0.429. The summed E-state index contributed by atoms with van der Waals surface area (Å²) in [5.41, 5.74) is 1.56. The van der Waals surface area contributed by atoms with E-state index in [1.807, 2.05) is 6.92 Å². The summed E-state index contributed by atoms with van der Waals surface area (Å²) in [6.45, 7) is 1.83. The molecule has 0 aliphatic heterocycles. The predicted octanol–water partition coefficient (Wildman–Crippen LogP) is 1.95. The Morgan fingerprint density at radius 3 is 2.36 bits per heavy atom. The van der Waals surface area contributed by atoms with Gasteiger partial charge in [-0.15, -0.1) is 0 Å². The molecular weight excluding hydrogens is 308 g/mol. The number of carbonyl (C=O) groups is 2. The van der Waals surface area contributed by atoms with Crippen molar-refractivity contribution in [1.29, 1.82) is 0 Å². The number of hydrogen-bond donors (Lipinski definition) is 3. The molecule has 0 atom stereocenters. The van der Waals surface area contributed by atoms with Crippen LogP contribution in [0.1, 0.15) is 31.2 Å². The molecule has 22 heavy (non-hydrogen) atoms. The van der Waals surface area contributed by atoms with Crippen molar-refractivity contribution in [1.82, 2.24) is 0 Å². The molecular formula is C14H20N2O5S. The highest BCUT2D eigenvalue weighted by atomic mass is 32.2. The summed E-state index contributed by atoms with van der Waals surface area (Å²) in [5.74, 6) is -1.17. The van der Waals surface area contributed by atoms with Crippen LogP contribution < -0.4 is 10.0 Å². The van der Waals surface area contributed by atoms with Gasteiger partial charge in [-0.3, -0.25) is 14.3 Å². The molecule has 0 bridgehead atoms. The van der Waals surface area contributed by atoms with Crippen LogP contribution >= 0.6 is 0 Å². The summed E-state index contributed by atoms with van der Waals surface area (Å²) in [4.78, 5) is 22.2. The SMILES string of the molecule is Cc1ccc(NS(C)(=O)=O)c(NC(=O)CCCCC(=O)O)c1. The molecule has 7 nitrogen and oxygen atoms in total. The molecule has 0 saturated heterocycles. The summed E-state index contributed by atoms with van der Waals surface area (Å²) < 4.78 is 25.0. The number of amides is 1. The lowest BCUT2D eigenvalue weighted by Gasteiger charge is -2.13. The van der Waals surface area contributed by atoms with Crippen LogP contribution in [0.4, 0.5) is 11.4 Å². The van der Waals surface area contributed by atoms with E-state index in [9.17, 15) is 18.0 Å². The number of aryl methyl sites for hydroxylation is 1. The minimum atomic E-state index is -3.45. The van der Waals surface area contributed by atoms with Crippen LogP contribution in [-0.2, 0) is 19.6 Å². The summed E-state index contributed by atoms with van der Waals surface area (Å²) in [6, 6.07) is 4.98. The van der Waals surface area contributed by atoms with Crippen LogP contribution in [0.25, 0.3) is 0 Å². The van der Waals surface area contributed by atoms with Crippen molar-refractivity contribution >= 4 is 33.3 Å². The zero-order valence-corrected chi connectivity index (χ0v) is 13.4. The van der Waals surface area contributed by atoms with Gasteiger partial charge in [-0.05, 0) is 37.5 Å². The van der Waals surface area contributed by atoms with Crippen LogP contribution in [0.15, 0.2) is 18.2 Å². The maximum atomic E-state index is 11.9. The molecule has 0 unspecified atom stereocenters. The number of hydrogen-bond acceptors (Lipinski definition) is 4. The van der Waals surface area contributed by atoms with Crippen LogP contribution in [0.3, 0.4) is 0 Å². The number of carboxylic acid groups (broad SMARTS) is 1. The lowest BCUT2D eigenvalue weighted by molar-refractivity contribution is -0.137. The van der Waals surface area contributed by atoms with E-state index in [0.29, 0.717) is 24.2 Å². The van der Waals surface area contributed by atoms with Gasteiger partial charge in [0.05, 0.1) is 17.6 Å². The Labute approximate surface area is 129 Å². The van der Waals surface area contributed by atoms with Crippen molar-refractivity contribution in [3.63, 3.8) is 0 Å². The molecule has 1 aromatic carbocycles. The fourth-order valence-electron chi connectivity index (χ4n) is 1.82. The average molecular weight is 328 g/mol. The average Bonchev–Trinajstić information content (AvgIpc) is 2.36. The third-order valence-corrected chi connectivity index (χ3v) is 3.38. The van der Waals surface area contributed by atoms with Gasteiger partial charge in [0.15, 0.2) is 0 Å². The summed E-state index contributed by atoms with van der Waals surface area (Å²) >= 11 is 0. The van der Waals surface area contributed by atoms with E-state index in [1.165, 1.54) is 0 Å². The van der Waals surface area contributed by atoms with Crippen LogP contribution in [0.2, 0.25) is 0 Å². The summed E-state index contributed by atoms with van der Waals surface area (Å²) in [6.07, 6.45) is 2.12. The zero-order valence-electron chi connectivity index (χ0n) is 12.5. The van der Waals surface area contributed by atoms with Crippen LogP contribution in [0.5, 0.6) is 0 Å². The van der Waals surface area contributed by atoms with Gasteiger partial charge in [-0.2, -0.15) is 0 Å². The van der Waals surface area contributed by atoms with Gasteiger partial charge in [-0.25, -0.2) is 8.42 Å². The third-order valence-electron chi connectivity index (χ3n) is 2.79. The Bertz CT molecular complexity index is 655. The Balaban J connectivity index is 2.69. The van der Waals surface area contributed by atoms with E-state index in [0.717, 1.165) is 11.8 Å². The van der Waals surface area contributed by atoms with Gasteiger partial charge in [0.25, 0.3) is 0 Å². The Morgan fingerprint density at radius 1 is 1.14 bits per heavy atom. The standard InChI is InChI=1S/C14H20N2O5S/c1-10-7-8-11(16-22(2,20)21)12(9-10)15-13(17)5-3-4-6-14(18)19/h7-9,16H,3-6H2,1-2H3,(H,15,17)(H,18,19). The molecule has 1 aromatic rings. The molecule has 0 radical (unpaired) electrons. The van der Waals surface area contributed by atoms with Crippen LogP contribution in [0, 0.1) is 6.92 Å². The second kappa shape index (κ2) is 7.79. The molecule has 0 aliphatic rings. The minimum absolute atomic E-state index is 0.0264. The molecule has 0 fully saturated rings. The number of nitrogens with one attached hydrogen (secondary N) is 2. The van der Waals surface area contributed by atoms with Gasteiger partial charge in [0.2, 0.25) is 15.9 Å². The Morgan fingerprint density at radius 2 is 1.77 bits per heavy atom. The number of sulfonamides is 1. The van der Waals surface area contributed by atoms with Crippen LogP contribution in [-0.4, -0.2) is 31.7 Å². The molecule has 0 aliphatic carbocycles. The number of aliphatic carboxylic acids is 1. The molecule has 3 N–H and O–H groups in total. The van der Waals surface area contributed by atoms with Crippen molar-refractivity contribution in [2.75, 3.05) is 16.3 Å². The first-order valence-electron chi connectivity index (χ1n) is 6.77. The summed E-state index contributed by atoms with van der Waals surface area (Å²) in [7, 11) is -3.45. The zero-order chi connectivity index (χ0) is 16.8. The Hall–Kier alpha value is -2.09. The molecule has 0 spiro atoms. The number of carboxylic acids is 1. The molecule has 122 valence electrons. The number of rotatable bonds is 8. The first-order valence-corrected chi connectivity index (χ1v) is 8.66. The van der Waals surface area contributed by atoms with Crippen molar-refractivity contribution in [2.45, 2.75) is 32.6 Å². The predicted molar refractivity (Wildman–Crippen MR) is 84.4 cm³/mol. The third kappa shape index (κ3) is 7.07. The first-order chi connectivity index (χ1) is 10.2. The summed E-state index contributed by atoms with van der Waals surface area (Å²) in [5, 5.41) is 11.2. The van der Waals surface area contributed by atoms with E-state index in [4.69, 9.17) is 5.11 Å². The van der Waals surface area contributed by atoms with E-state index >= 15 is 0 Å². The normalized spacial score (nSPS) is 11.0.